The van der Waals surface area contributed by atoms with Gasteiger partial charge < -0.3 is 5.11 Å². The van der Waals surface area contributed by atoms with Crippen molar-refractivity contribution in [1.29, 1.82) is 0 Å². The molecule has 0 bridgehead atoms. The van der Waals surface area contributed by atoms with Crippen molar-refractivity contribution in [3.63, 3.8) is 0 Å². The van der Waals surface area contributed by atoms with E-state index in [1.165, 1.54) is 12.1 Å². The number of carboxylic acid groups (broad SMARTS) is 1. The number of rotatable bonds is 3. The minimum absolute atomic E-state index is 0.122. The van der Waals surface area contributed by atoms with Crippen LogP contribution in [0.2, 0.25) is 0 Å². The summed E-state index contributed by atoms with van der Waals surface area (Å²) in [5.74, 6) is -1.26. The van der Waals surface area contributed by atoms with E-state index in [0.29, 0.717) is 0 Å². The van der Waals surface area contributed by atoms with Gasteiger partial charge >= 0.3 is 12.1 Å². The lowest BCUT2D eigenvalue weighted by molar-refractivity contribution is -0.137. The number of hydrogen-bond donors (Lipinski definition) is 1. The van der Waals surface area contributed by atoms with Gasteiger partial charge in [-0.05, 0) is 24.6 Å². The first-order valence-electron chi connectivity index (χ1n) is 5.70. The first kappa shape index (κ1) is 14.0. The largest absolute Gasteiger partial charge is 0.476 e. The zero-order valence-corrected chi connectivity index (χ0v) is 10.3. The summed E-state index contributed by atoms with van der Waals surface area (Å²) in [5, 5.41) is 16.1. The predicted molar refractivity (Wildman–Crippen MR) is 62.7 cm³/mol. The van der Waals surface area contributed by atoms with Crippen LogP contribution in [0.25, 0.3) is 5.69 Å². The molecule has 0 spiro atoms. The molecule has 2 aromatic rings. The maximum Gasteiger partial charge on any atom is 0.416 e. The maximum absolute atomic E-state index is 12.7. The zero-order valence-electron chi connectivity index (χ0n) is 10.3. The number of aromatic carboxylic acids is 1. The Balaban J connectivity index is 2.55. The monoisotopic (exact) mass is 285 g/mol. The van der Waals surface area contributed by atoms with Crippen LogP contribution >= 0.6 is 0 Å². The molecule has 20 heavy (non-hydrogen) atoms. The molecule has 1 heterocycles. The van der Waals surface area contributed by atoms with Crippen molar-refractivity contribution in [2.75, 3.05) is 0 Å². The van der Waals surface area contributed by atoms with Gasteiger partial charge in [-0.2, -0.15) is 13.2 Å². The summed E-state index contributed by atoms with van der Waals surface area (Å²) < 4.78 is 39.1. The van der Waals surface area contributed by atoms with E-state index in [4.69, 9.17) is 5.11 Å². The van der Waals surface area contributed by atoms with Gasteiger partial charge in [0.1, 0.15) is 0 Å². The lowest BCUT2D eigenvalue weighted by atomic mass is 10.2. The minimum Gasteiger partial charge on any atom is -0.476 e. The average molecular weight is 285 g/mol. The third-order valence-corrected chi connectivity index (χ3v) is 2.72. The van der Waals surface area contributed by atoms with Crippen molar-refractivity contribution in [3.8, 4) is 5.69 Å². The molecule has 0 saturated carbocycles. The van der Waals surface area contributed by atoms with Crippen LogP contribution in [-0.4, -0.2) is 26.1 Å². The number of benzene rings is 1. The Morgan fingerprint density at radius 3 is 2.65 bits per heavy atom. The number of aromatic nitrogens is 3. The third kappa shape index (κ3) is 2.49. The molecule has 0 atom stereocenters. The van der Waals surface area contributed by atoms with E-state index in [1.54, 1.807) is 6.92 Å². The Morgan fingerprint density at radius 1 is 1.40 bits per heavy atom. The molecule has 1 aromatic carbocycles. The highest BCUT2D eigenvalue weighted by Crippen LogP contribution is 2.30. The van der Waals surface area contributed by atoms with Crippen LogP contribution in [0.4, 0.5) is 13.2 Å². The summed E-state index contributed by atoms with van der Waals surface area (Å²) in [4.78, 5) is 11.0. The number of hydrogen-bond acceptors (Lipinski definition) is 3. The topological polar surface area (TPSA) is 68.0 Å². The molecule has 1 N–H and O–H groups in total. The van der Waals surface area contributed by atoms with Crippen molar-refractivity contribution in [1.82, 2.24) is 15.0 Å². The molecule has 106 valence electrons. The van der Waals surface area contributed by atoms with Gasteiger partial charge in [0.05, 0.1) is 16.9 Å². The molecule has 0 radical (unpaired) electrons. The zero-order chi connectivity index (χ0) is 14.9. The number of alkyl halides is 3. The molecule has 5 nitrogen and oxygen atoms in total. The Hall–Kier alpha value is -2.38. The molecular formula is C12H10F3N3O2. The second-order valence-corrected chi connectivity index (χ2v) is 4.00. The average Bonchev–Trinajstić information content (AvgIpc) is 2.81. The molecule has 1 aromatic heterocycles. The highest BCUT2D eigenvalue weighted by molar-refractivity contribution is 5.86. The van der Waals surface area contributed by atoms with E-state index in [-0.39, 0.29) is 23.5 Å². The fourth-order valence-corrected chi connectivity index (χ4v) is 1.81. The van der Waals surface area contributed by atoms with Crippen molar-refractivity contribution in [2.24, 2.45) is 0 Å². The first-order valence-corrected chi connectivity index (χ1v) is 5.70. The van der Waals surface area contributed by atoms with Gasteiger partial charge in [0, 0.05) is 0 Å². The Labute approximate surface area is 111 Å². The predicted octanol–water partition coefficient (Wildman–Crippen LogP) is 2.55. The van der Waals surface area contributed by atoms with E-state index in [9.17, 15) is 18.0 Å². The Bertz CT molecular complexity index is 650. The molecule has 0 saturated heterocycles. The Kier molecular flexibility index (Phi) is 3.47. The molecule has 0 aliphatic carbocycles. The molecule has 0 amide bonds. The SMILES string of the molecule is CCc1c(C(=O)O)nnn1-c1cccc(C(F)(F)F)c1. The fraction of sp³-hybridized carbons (Fsp3) is 0.250. The summed E-state index contributed by atoms with van der Waals surface area (Å²) in [5.41, 5.74) is -0.720. The van der Waals surface area contributed by atoms with Gasteiger partial charge in [-0.3, -0.25) is 0 Å². The van der Waals surface area contributed by atoms with Crippen LogP contribution in [0, 0.1) is 0 Å². The van der Waals surface area contributed by atoms with E-state index in [2.05, 4.69) is 10.3 Å². The summed E-state index contributed by atoms with van der Waals surface area (Å²) in [6, 6.07) is 4.48. The van der Waals surface area contributed by atoms with E-state index in [0.717, 1.165) is 16.8 Å². The minimum atomic E-state index is -4.47. The van der Waals surface area contributed by atoms with Gasteiger partial charge in [0.15, 0.2) is 5.69 Å². The van der Waals surface area contributed by atoms with E-state index in [1.807, 2.05) is 0 Å². The quantitative estimate of drug-likeness (QED) is 0.941. The van der Waals surface area contributed by atoms with Crippen LogP contribution in [0.3, 0.4) is 0 Å². The lowest BCUT2D eigenvalue weighted by Crippen LogP contribution is -2.09. The third-order valence-electron chi connectivity index (χ3n) is 2.72. The summed E-state index contributed by atoms with van der Waals surface area (Å²) in [7, 11) is 0. The van der Waals surface area contributed by atoms with Crippen LogP contribution in [-0.2, 0) is 12.6 Å². The van der Waals surface area contributed by atoms with E-state index < -0.39 is 17.7 Å². The van der Waals surface area contributed by atoms with Crippen LogP contribution < -0.4 is 0 Å². The van der Waals surface area contributed by atoms with Crippen LogP contribution in [0.15, 0.2) is 24.3 Å². The number of halogens is 3. The fourth-order valence-electron chi connectivity index (χ4n) is 1.81. The van der Waals surface area contributed by atoms with E-state index >= 15 is 0 Å². The maximum atomic E-state index is 12.7. The van der Waals surface area contributed by atoms with Gasteiger partial charge in [0.25, 0.3) is 0 Å². The van der Waals surface area contributed by atoms with Crippen LogP contribution in [0.5, 0.6) is 0 Å². The highest BCUT2D eigenvalue weighted by Gasteiger charge is 2.31. The summed E-state index contributed by atoms with van der Waals surface area (Å²) in [6.07, 6.45) is -4.19. The molecule has 8 heteroatoms. The van der Waals surface area contributed by atoms with Crippen molar-refractivity contribution < 1.29 is 23.1 Å². The summed E-state index contributed by atoms with van der Waals surface area (Å²) >= 11 is 0. The van der Waals surface area contributed by atoms with Gasteiger partial charge in [-0.1, -0.05) is 18.2 Å². The molecule has 2 rings (SSSR count). The number of carbonyl (C=O) groups is 1. The van der Waals surface area contributed by atoms with Crippen LogP contribution in [0.1, 0.15) is 28.7 Å². The Morgan fingerprint density at radius 2 is 2.10 bits per heavy atom. The molecule has 0 fully saturated rings. The normalized spacial score (nSPS) is 11.6. The van der Waals surface area contributed by atoms with Crippen molar-refractivity contribution in [2.45, 2.75) is 19.5 Å². The van der Waals surface area contributed by atoms with Crippen molar-refractivity contribution >= 4 is 5.97 Å². The summed E-state index contributed by atoms with van der Waals surface area (Å²) in [6.45, 7) is 1.68. The van der Waals surface area contributed by atoms with Gasteiger partial charge in [0.2, 0.25) is 0 Å². The molecule has 0 unspecified atom stereocenters. The highest BCUT2D eigenvalue weighted by atomic mass is 19.4. The second kappa shape index (κ2) is 4.95. The molecule has 0 aliphatic rings. The number of nitrogens with zero attached hydrogens (tertiary/aromatic N) is 3. The standard InChI is InChI=1S/C12H10F3N3O2/c1-2-9-10(11(19)20)16-17-18(9)8-5-3-4-7(6-8)12(13,14)15/h3-6H,2H2,1H3,(H,19,20). The van der Waals surface area contributed by atoms with Crippen molar-refractivity contribution in [3.05, 3.63) is 41.2 Å². The smallest absolute Gasteiger partial charge is 0.416 e. The first-order chi connectivity index (χ1) is 9.34. The van der Waals surface area contributed by atoms with Gasteiger partial charge in [-0.15, -0.1) is 5.10 Å². The molecule has 0 aliphatic heterocycles. The second-order valence-electron chi connectivity index (χ2n) is 4.00. The molecular weight excluding hydrogens is 275 g/mol. The lowest BCUT2D eigenvalue weighted by Gasteiger charge is -2.09. The number of carboxylic acids is 1. The van der Waals surface area contributed by atoms with Gasteiger partial charge in [-0.25, -0.2) is 9.48 Å².